The van der Waals surface area contributed by atoms with Gasteiger partial charge >= 0.3 is 6.09 Å². The highest BCUT2D eigenvalue weighted by Crippen LogP contribution is 2.18. The van der Waals surface area contributed by atoms with Crippen molar-refractivity contribution in [2.75, 3.05) is 13.7 Å². The second-order valence-corrected chi connectivity index (χ2v) is 8.68. The van der Waals surface area contributed by atoms with Gasteiger partial charge in [0, 0.05) is 26.1 Å². The van der Waals surface area contributed by atoms with Crippen molar-refractivity contribution in [2.24, 2.45) is 0 Å². The maximum atomic E-state index is 12.6. The van der Waals surface area contributed by atoms with Crippen LogP contribution in [-0.4, -0.2) is 49.3 Å². The van der Waals surface area contributed by atoms with Crippen LogP contribution in [0.4, 0.5) is 4.79 Å². The van der Waals surface area contributed by atoms with E-state index in [0.29, 0.717) is 6.54 Å². The number of carbonyl (C=O) groups excluding carboxylic acids is 3. The molecule has 2 aromatic carbocycles. The zero-order chi connectivity index (χ0) is 23.7. The smallest absolute Gasteiger partial charge is 0.408 e. The Morgan fingerprint density at radius 3 is 2.38 bits per heavy atom. The lowest BCUT2D eigenvalue weighted by molar-refractivity contribution is -0.125. The minimum Gasteiger partial charge on any atom is -0.444 e. The van der Waals surface area contributed by atoms with Gasteiger partial charge in [0.25, 0.3) is 0 Å². The van der Waals surface area contributed by atoms with Crippen molar-refractivity contribution in [2.45, 2.75) is 58.3 Å². The molecule has 0 aliphatic carbocycles. The van der Waals surface area contributed by atoms with E-state index in [4.69, 9.17) is 9.47 Å². The average Bonchev–Trinajstić information content (AvgIpc) is 2.70. The summed E-state index contributed by atoms with van der Waals surface area (Å²) in [5, 5.41) is 10.3. The number of hydrogen-bond donors (Lipinski definition) is 3. The zero-order valence-electron chi connectivity index (χ0n) is 19.4. The second-order valence-electron chi connectivity index (χ2n) is 8.68. The van der Waals surface area contributed by atoms with E-state index >= 15 is 0 Å². The van der Waals surface area contributed by atoms with Crippen molar-refractivity contribution >= 4 is 28.7 Å². The Labute approximate surface area is 189 Å². The highest BCUT2D eigenvalue weighted by Gasteiger charge is 2.25. The predicted octanol–water partition coefficient (Wildman–Crippen LogP) is 2.89. The summed E-state index contributed by atoms with van der Waals surface area (Å²) in [6, 6.07) is 12.6. The van der Waals surface area contributed by atoms with Gasteiger partial charge in [-0.25, -0.2) is 4.79 Å². The number of methoxy groups -OCH3 is 1. The van der Waals surface area contributed by atoms with Crippen LogP contribution in [0.3, 0.4) is 0 Å². The lowest BCUT2D eigenvalue weighted by Gasteiger charge is -2.24. The Bertz CT molecular complexity index is 933. The van der Waals surface area contributed by atoms with Crippen LogP contribution in [-0.2, 0) is 25.6 Å². The molecular formula is C24H33N3O5. The third kappa shape index (κ3) is 8.19. The number of benzene rings is 2. The number of rotatable bonds is 9. The third-order valence-electron chi connectivity index (χ3n) is 4.58. The van der Waals surface area contributed by atoms with Gasteiger partial charge < -0.3 is 25.4 Å². The fraction of sp³-hybridized carbons (Fsp3) is 0.458. The summed E-state index contributed by atoms with van der Waals surface area (Å²) >= 11 is 0. The van der Waals surface area contributed by atoms with Gasteiger partial charge in [-0.05, 0) is 44.0 Å². The molecule has 0 saturated heterocycles. The van der Waals surface area contributed by atoms with Crippen molar-refractivity contribution in [1.82, 2.24) is 16.0 Å². The lowest BCUT2D eigenvalue weighted by Crippen LogP contribution is -2.52. The Kier molecular flexibility index (Phi) is 9.02. The van der Waals surface area contributed by atoms with E-state index in [1.807, 2.05) is 42.5 Å². The maximum absolute atomic E-state index is 12.6. The normalized spacial score (nSPS) is 13.2. The number of fused-ring (bicyclic) bond motifs is 1. The van der Waals surface area contributed by atoms with Gasteiger partial charge in [0.15, 0.2) is 0 Å². The van der Waals surface area contributed by atoms with E-state index in [1.54, 1.807) is 27.7 Å². The molecule has 8 nitrogen and oxygen atoms in total. The molecule has 2 rings (SSSR count). The van der Waals surface area contributed by atoms with Gasteiger partial charge in [0.2, 0.25) is 11.8 Å². The number of carbonyl (C=O) groups is 3. The van der Waals surface area contributed by atoms with Crippen molar-refractivity contribution in [3.63, 3.8) is 0 Å². The first-order valence-corrected chi connectivity index (χ1v) is 10.6. The molecule has 0 radical (unpaired) electrons. The Hall–Kier alpha value is -3.13. The third-order valence-corrected chi connectivity index (χ3v) is 4.58. The molecule has 8 heteroatoms. The number of amides is 3. The second kappa shape index (κ2) is 11.5. The molecule has 0 saturated carbocycles. The molecule has 3 N–H and O–H groups in total. The molecule has 0 bridgehead atoms. The van der Waals surface area contributed by atoms with Crippen LogP contribution >= 0.6 is 0 Å². The number of nitrogens with one attached hydrogen (secondary N) is 3. The molecule has 2 unspecified atom stereocenters. The molecule has 2 atom stereocenters. The molecular weight excluding hydrogens is 410 g/mol. The summed E-state index contributed by atoms with van der Waals surface area (Å²) < 4.78 is 10.2. The van der Waals surface area contributed by atoms with Gasteiger partial charge in [0.05, 0.1) is 6.61 Å². The van der Waals surface area contributed by atoms with Gasteiger partial charge in [-0.2, -0.15) is 0 Å². The summed E-state index contributed by atoms with van der Waals surface area (Å²) in [7, 11) is 1.43. The highest BCUT2D eigenvalue weighted by atomic mass is 16.6. The quantitative estimate of drug-likeness (QED) is 0.553. The van der Waals surface area contributed by atoms with E-state index in [-0.39, 0.29) is 18.9 Å². The topological polar surface area (TPSA) is 106 Å². The summed E-state index contributed by atoms with van der Waals surface area (Å²) in [5.74, 6) is -0.638. The monoisotopic (exact) mass is 443 g/mol. The molecule has 2 aromatic rings. The number of alkyl carbamates (subject to hydrolysis) is 1. The van der Waals surface area contributed by atoms with Crippen LogP contribution in [0, 0.1) is 0 Å². The van der Waals surface area contributed by atoms with E-state index in [0.717, 1.165) is 16.3 Å². The van der Waals surface area contributed by atoms with Crippen molar-refractivity contribution in [3.8, 4) is 0 Å². The summed E-state index contributed by atoms with van der Waals surface area (Å²) in [4.78, 5) is 36.9. The minimum atomic E-state index is -0.934. The zero-order valence-corrected chi connectivity index (χ0v) is 19.4. The summed E-state index contributed by atoms with van der Waals surface area (Å²) in [6.07, 6.45) is -0.613. The van der Waals surface area contributed by atoms with Crippen LogP contribution in [0.2, 0.25) is 0 Å². The van der Waals surface area contributed by atoms with E-state index < -0.39 is 29.7 Å². The van der Waals surface area contributed by atoms with Crippen molar-refractivity contribution < 1.29 is 23.9 Å². The standard InChI is InChI=1S/C24H33N3O5/c1-16(26-22(29)20(15-31-5)27-23(30)32-24(2,3)4)13-21(28)25-14-18-11-8-10-17-9-6-7-12-19(17)18/h6-12,16,20H,13-15H2,1-5H3,(H,25,28)(H,26,29)(H,27,30). The first-order valence-electron chi connectivity index (χ1n) is 10.6. The van der Waals surface area contributed by atoms with E-state index in [9.17, 15) is 14.4 Å². The SMILES string of the molecule is COCC(NC(=O)OC(C)(C)C)C(=O)NC(C)CC(=O)NCc1cccc2ccccc12. The van der Waals surface area contributed by atoms with Crippen LogP contribution in [0.1, 0.15) is 39.7 Å². The largest absolute Gasteiger partial charge is 0.444 e. The fourth-order valence-electron chi connectivity index (χ4n) is 3.18. The Morgan fingerprint density at radius 2 is 1.69 bits per heavy atom. The van der Waals surface area contributed by atoms with E-state index in [2.05, 4.69) is 16.0 Å². The fourth-order valence-corrected chi connectivity index (χ4v) is 3.18. The Balaban J connectivity index is 1.86. The van der Waals surface area contributed by atoms with Gasteiger partial charge in [-0.3, -0.25) is 9.59 Å². The van der Waals surface area contributed by atoms with Gasteiger partial charge in [-0.1, -0.05) is 42.5 Å². The van der Waals surface area contributed by atoms with Crippen LogP contribution in [0.5, 0.6) is 0 Å². The molecule has 0 fully saturated rings. The maximum Gasteiger partial charge on any atom is 0.408 e. The molecule has 32 heavy (non-hydrogen) atoms. The lowest BCUT2D eigenvalue weighted by atomic mass is 10.0. The van der Waals surface area contributed by atoms with Gasteiger partial charge in [0.1, 0.15) is 11.6 Å². The molecule has 0 heterocycles. The average molecular weight is 444 g/mol. The molecule has 0 spiro atoms. The number of hydrogen-bond acceptors (Lipinski definition) is 5. The summed E-state index contributed by atoms with van der Waals surface area (Å²) in [5.41, 5.74) is 0.336. The molecule has 174 valence electrons. The number of ether oxygens (including phenoxy) is 2. The molecule has 0 aliphatic rings. The minimum absolute atomic E-state index is 0.0227. The predicted molar refractivity (Wildman–Crippen MR) is 123 cm³/mol. The first-order chi connectivity index (χ1) is 15.1. The first kappa shape index (κ1) is 25.1. The molecule has 3 amide bonds. The molecule has 0 aromatic heterocycles. The van der Waals surface area contributed by atoms with E-state index in [1.165, 1.54) is 7.11 Å². The van der Waals surface area contributed by atoms with Crippen molar-refractivity contribution in [1.29, 1.82) is 0 Å². The highest BCUT2D eigenvalue weighted by molar-refractivity contribution is 5.87. The Morgan fingerprint density at radius 1 is 1.00 bits per heavy atom. The summed E-state index contributed by atoms with van der Waals surface area (Å²) in [6.45, 7) is 7.30. The van der Waals surface area contributed by atoms with Crippen LogP contribution in [0.25, 0.3) is 10.8 Å². The van der Waals surface area contributed by atoms with Crippen LogP contribution < -0.4 is 16.0 Å². The van der Waals surface area contributed by atoms with Crippen molar-refractivity contribution in [3.05, 3.63) is 48.0 Å². The van der Waals surface area contributed by atoms with Gasteiger partial charge in [-0.15, -0.1) is 0 Å². The molecule has 0 aliphatic heterocycles. The van der Waals surface area contributed by atoms with Crippen LogP contribution in [0.15, 0.2) is 42.5 Å².